The van der Waals surface area contributed by atoms with Crippen LogP contribution in [0.25, 0.3) is 16.7 Å². The average Bonchev–Trinajstić information content (AvgIpc) is 3.02. The van der Waals surface area contributed by atoms with Gasteiger partial charge >= 0.3 is 0 Å². The van der Waals surface area contributed by atoms with Gasteiger partial charge < -0.3 is 5.32 Å². The van der Waals surface area contributed by atoms with Crippen LogP contribution in [0.5, 0.6) is 0 Å². The van der Waals surface area contributed by atoms with Crippen LogP contribution >= 0.6 is 11.6 Å². The van der Waals surface area contributed by atoms with Crippen molar-refractivity contribution in [1.82, 2.24) is 19.8 Å². The largest absolute Gasteiger partial charge is 0.346 e. The summed E-state index contributed by atoms with van der Waals surface area (Å²) in [5, 5.41) is 11.7. The van der Waals surface area contributed by atoms with Gasteiger partial charge in [0.05, 0.1) is 28.7 Å². The van der Waals surface area contributed by atoms with Crippen molar-refractivity contribution in [3.8, 4) is 5.69 Å². The Labute approximate surface area is 184 Å². The minimum atomic E-state index is -1.02. The van der Waals surface area contributed by atoms with E-state index in [4.69, 9.17) is 22.0 Å². The summed E-state index contributed by atoms with van der Waals surface area (Å²) in [7, 11) is 1.54. The Morgan fingerprint density at radius 1 is 1.29 bits per heavy atom. The molecule has 6 nitrogen and oxygen atoms in total. The summed E-state index contributed by atoms with van der Waals surface area (Å²) in [5.41, 5.74) is 1.24. The number of aromatic nitrogens is 2. The smallest absolute Gasteiger partial charge is 0.231 e. The number of hydrogen-bond donors (Lipinski definition) is 2. The minimum Gasteiger partial charge on any atom is -0.346 e. The maximum absolute atomic E-state index is 16.1. The zero-order chi connectivity index (χ0) is 21.9. The zero-order valence-corrected chi connectivity index (χ0v) is 18.1. The van der Waals surface area contributed by atoms with E-state index in [1.54, 1.807) is 31.2 Å². The molecule has 8 heteroatoms. The van der Waals surface area contributed by atoms with Gasteiger partial charge in [-0.15, -0.1) is 0 Å². The fourth-order valence-electron chi connectivity index (χ4n) is 4.48. The van der Waals surface area contributed by atoms with E-state index < -0.39 is 11.4 Å². The quantitative estimate of drug-likeness (QED) is 0.621. The van der Waals surface area contributed by atoms with Crippen molar-refractivity contribution in [1.29, 1.82) is 5.41 Å². The molecule has 2 fully saturated rings. The van der Waals surface area contributed by atoms with Crippen molar-refractivity contribution in [2.24, 2.45) is 0 Å². The summed E-state index contributed by atoms with van der Waals surface area (Å²) in [5.74, 6) is 0.415. The molecule has 1 amide bonds. The molecule has 2 aliphatic rings. The van der Waals surface area contributed by atoms with E-state index >= 15 is 4.39 Å². The lowest BCUT2D eigenvalue weighted by molar-refractivity contribution is -0.129. The van der Waals surface area contributed by atoms with Crippen molar-refractivity contribution in [2.75, 3.05) is 7.05 Å². The molecule has 1 saturated heterocycles. The molecular formula is C23H23ClFN5O. The minimum absolute atomic E-state index is 0.0430. The third-order valence-corrected chi connectivity index (χ3v) is 6.77. The average molecular weight is 440 g/mol. The van der Waals surface area contributed by atoms with Gasteiger partial charge in [0.25, 0.3) is 0 Å². The molecule has 0 bridgehead atoms. The van der Waals surface area contributed by atoms with Crippen molar-refractivity contribution in [2.45, 2.75) is 44.1 Å². The summed E-state index contributed by atoms with van der Waals surface area (Å²) in [6, 6.07) is 10.7. The van der Waals surface area contributed by atoms with Crippen LogP contribution in [0.1, 0.15) is 49.9 Å². The number of nitrogens with zero attached hydrogens (tertiary/aromatic N) is 3. The van der Waals surface area contributed by atoms with Crippen LogP contribution in [0, 0.1) is 11.2 Å². The summed E-state index contributed by atoms with van der Waals surface area (Å²) in [6.45, 7) is 1.75. The number of nitrogens with one attached hydrogen (secondary N) is 2. The molecule has 0 radical (unpaired) electrons. The molecule has 1 aromatic heterocycles. The SMILES string of the molecule is CN1C(=N)N[C@](C)(c2cccc(-n3c(C4CCC4)nc4ccc(Cl)cc43)c2F)CC1=O. The molecule has 5 rings (SSSR count). The highest BCUT2D eigenvalue weighted by atomic mass is 35.5. The first-order valence-electron chi connectivity index (χ1n) is 10.4. The van der Waals surface area contributed by atoms with Crippen molar-refractivity contribution < 1.29 is 9.18 Å². The molecule has 2 heterocycles. The predicted molar refractivity (Wildman–Crippen MR) is 118 cm³/mol. The molecule has 1 aliphatic heterocycles. The standard InChI is InChI=1S/C23H23ClFN5O/c1-23(12-19(31)29(2)22(26)28-23)15-7-4-8-17(20(15)25)30-18-11-14(24)9-10-16(18)27-21(30)13-5-3-6-13/h4,7-11,13H,3,5-6,12H2,1-2H3,(H2,26,28)/t23-/m0/s1. The second-order valence-electron chi connectivity index (χ2n) is 8.64. The Balaban J connectivity index is 1.70. The van der Waals surface area contributed by atoms with Crippen LogP contribution in [-0.2, 0) is 10.3 Å². The number of benzene rings is 2. The summed E-state index contributed by atoms with van der Waals surface area (Å²) in [4.78, 5) is 18.5. The van der Waals surface area contributed by atoms with E-state index in [0.29, 0.717) is 16.3 Å². The van der Waals surface area contributed by atoms with E-state index in [1.165, 1.54) is 11.9 Å². The first-order chi connectivity index (χ1) is 14.8. The van der Waals surface area contributed by atoms with E-state index in [-0.39, 0.29) is 24.2 Å². The Morgan fingerprint density at radius 2 is 2.06 bits per heavy atom. The van der Waals surface area contributed by atoms with Crippen molar-refractivity contribution in [3.63, 3.8) is 0 Å². The number of amides is 1. The highest BCUT2D eigenvalue weighted by Crippen LogP contribution is 2.40. The van der Waals surface area contributed by atoms with Crippen molar-refractivity contribution >= 4 is 34.5 Å². The second-order valence-corrected chi connectivity index (χ2v) is 9.08. The Hall–Kier alpha value is -2.93. The number of carbonyl (C=O) groups excluding carboxylic acids is 1. The maximum Gasteiger partial charge on any atom is 0.231 e. The molecule has 2 aromatic carbocycles. The van der Waals surface area contributed by atoms with Crippen LogP contribution in [0.3, 0.4) is 0 Å². The third-order valence-electron chi connectivity index (χ3n) is 6.54. The number of fused-ring (bicyclic) bond motifs is 1. The van der Waals surface area contributed by atoms with Gasteiger partial charge in [0.2, 0.25) is 5.91 Å². The van der Waals surface area contributed by atoms with Gasteiger partial charge in [-0.1, -0.05) is 30.2 Å². The molecule has 0 spiro atoms. The summed E-state index contributed by atoms with van der Waals surface area (Å²) in [6.07, 6.45) is 3.24. The molecule has 1 saturated carbocycles. The van der Waals surface area contributed by atoms with Gasteiger partial charge in [-0.2, -0.15) is 0 Å². The molecular weight excluding hydrogens is 417 g/mol. The van der Waals surface area contributed by atoms with Gasteiger partial charge in [0, 0.05) is 23.6 Å². The maximum atomic E-state index is 16.1. The monoisotopic (exact) mass is 439 g/mol. The lowest BCUT2D eigenvalue weighted by Crippen LogP contribution is -2.58. The van der Waals surface area contributed by atoms with Gasteiger partial charge in [-0.25, -0.2) is 9.37 Å². The molecule has 31 heavy (non-hydrogen) atoms. The summed E-state index contributed by atoms with van der Waals surface area (Å²) >= 11 is 6.26. The van der Waals surface area contributed by atoms with Crippen LogP contribution in [0.15, 0.2) is 36.4 Å². The van der Waals surface area contributed by atoms with Crippen LogP contribution < -0.4 is 5.32 Å². The van der Waals surface area contributed by atoms with Gasteiger partial charge in [0.15, 0.2) is 11.8 Å². The molecule has 1 aliphatic carbocycles. The Kier molecular flexibility index (Phi) is 4.55. The number of imidazole rings is 1. The van der Waals surface area contributed by atoms with E-state index in [1.807, 2.05) is 16.7 Å². The zero-order valence-electron chi connectivity index (χ0n) is 17.4. The van der Waals surface area contributed by atoms with Gasteiger partial charge in [0.1, 0.15) is 5.82 Å². The first kappa shape index (κ1) is 20.0. The number of rotatable bonds is 3. The number of guanidine groups is 1. The lowest BCUT2D eigenvalue weighted by Gasteiger charge is -2.40. The van der Waals surface area contributed by atoms with E-state index in [9.17, 15) is 4.79 Å². The molecule has 1 atom stereocenters. The Morgan fingerprint density at radius 3 is 2.74 bits per heavy atom. The second kappa shape index (κ2) is 7.05. The third kappa shape index (κ3) is 3.10. The molecule has 0 unspecified atom stereocenters. The van der Waals surface area contributed by atoms with Crippen LogP contribution in [0.2, 0.25) is 5.02 Å². The van der Waals surface area contributed by atoms with Crippen molar-refractivity contribution in [3.05, 3.63) is 58.6 Å². The molecule has 160 valence electrons. The molecule has 3 aromatic rings. The highest BCUT2D eigenvalue weighted by Gasteiger charge is 2.40. The topological polar surface area (TPSA) is 74.0 Å². The lowest BCUT2D eigenvalue weighted by atomic mass is 9.84. The van der Waals surface area contributed by atoms with Crippen LogP contribution in [-0.4, -0.2) is 33.4 Å². The number of halogens is 2. The highest BCUT2D eigenvalue weighted by molar-refractivity contribution is 6.31. The van der Waals surface area contributed by atoms with Gasteiger partial charge in [-0.3, -0.25) is 19.7 Å². The summed E-state index contributed by atoms with van der Waals surface area (Å²) < 4.78 is 18.0. The van der Waals surface area contributed by atoms with E-state index in [2.05, 4.69) is 5.32 Å². The number of hydrogen-bond acceptors (Lipinski definition) is 3. The van der Waals surface area contributed by atoms with Gasteiger partial charge in [-0.05, 0) is 44.0 Å². The fourth-order valence-corrected chi connectivity index (χ4v) is 4.64. The fraction of sp³-hybridized carbons (Fsp3) is 0.348. The normalized spacial score (nSPS) is 22.0. The molecule has 2 N–H and O–H groups in total. The first-order valence-corrected chi connectivity index (χ1v) is 10.8. The van der Waals surface area contributed by atoms with Crippen LogP contribution in [0.4, 0.5) is 4.39 Å². The predicted octanol–water partition coefficient (Wildman–Crippen LogP) is 4.69. The Bertz CT molecular complexity index is 1210. The van der Waals surface area contributed by atoms with E-state index in [0.717, 1.165) is 36.1 Å². The number of carbonyl (C=O) groups is 1.